The van der Waals surface area contributed by atoms with Crippen molar-refractivity contribution in [1.29, 1.82) is 0 Å². The summed E-state index contributed by atoms with van der Waals surface area (Å²) in [7, 11) is 0. The van der Waals surface area contributed by atoms with Gasteiger partial charge in [0.25, 0.3) is 0 Å². The van der Waals surface area contributed by atoms with E-state index in [4.69, 9.17) is 5.11 Å². The molecule has 0 aromatic heterocycles. The summed E-state index contributed by atoms with van der Waals surface area (Å²) >= 11 is 0. The molecule has 0 spiro atoms. The minimum Gasteiger partial charge on any atom is -0.481 e. The van der Waals surface area contributed by atoms with Crippen molar-refractivity contribution in [1.82, 2.24) is 4.90 Å². The van der Waals surface area contributed by atoms with Crippen LogP contribution in [-0.4, -0.2) is 41.3 Å². The number of hydrogen-bond donors (Lipinski definition) is 1. The van der Waals surface area contributed by atoms with Gasteiger partial charge in [0.15, 0.2) is 0 Å². The van der Waals surface area contributed by atoms with Crippen LogP contribution in [-0.2, 0) is 4.79 Å². The molecule has 1 atom stereocenters. The summed E-state index contributed by atoms with van der Waals surface area (Å²) in [6.07, 6.45) is -4.68. The van der Waals surface area contributed by atoms with Gasteiger partial charge in [0.2, 0.25) is 0 Å². The van der Waals surface area contributed by atoms with Crippen LogP contribution >= 0.6 is 0 Å². The van der Waals surface area contributed by atoms with Crippen molar-refractivity contribution in [2.24, 2.45) is 5.41 Å². The number of aliphatic carboxylic acids is 1. The molecule has 0 saturated carbocycles. The smallest absolute Gasteiger partial charge is 0.404 e. The summed E-state index contributed by atoms with van der Waals surface area (Å²) in [4.78, 5) is 11.7. The second-order valence-corrected chi connectivity index (χ2v) is 5.04. The Labute approximate surface area is 92.2 Å². The molecule has 0 bridgehead atoms. The van der Waals surface area contributed by atoms with Gasteiger partial charge < -0.3 is 5.11 Å². The van der Waals surface area contributed by atoms with Gasteiger partial charge in [-0.05, 0) is 18.4 Å². The van der Waals surface area contributed by atoms with Crippen molar-refractivity contribution >= 4 is 5.97 Å². The Morgan fingerprint density at radius 3 is 2.38 bits per heavy atom. The zero-order chi connectivity index (χ0) is 12.6. The van der Waals surface area contributed by atoms with Crippen LogP contribution < -0.4 is 0 Å². The minimum atomic E-state index is -4.47. The topological polar surface area (TPSA) is 40.5 Å². The van der Waals surface area contributed by atoms with Crippen molar-refractivity contribution < 1.29 is 23.1 Å². The SMILES string of the molecule is CC1(C)CCN(C(CC(=O)O)C(F)(F)F)C1. The van der Waals surface area contributed by atoms with E-state index in [0.717, 1.165) is 0 Å². The lowest BCUT2D eigenvalue weighted by Gasteiger charge is -2.29. The molecule has 1 saturated heterocycles. The van der Waals surface area contributed by atoms with E-state index < -0.39 is 24.6 Å². The number of nitrogens with zero attached hydrogens (tertiary/aromatic N) is 1. The maximum absolute atomic E-state index is 12.7. The number of rotatable bonds is 3. The Morgan fingerprint density at radius 2 is 2.06 bits per heavy atom. The van der Waals surface area contributed by atoms with Gasteiger partial charge in [0, 0.05) is 6.54 Å². The summed E-state index contributed by atoms with van der Waals surface area (Å²) < 4.78 is 38.0. The van der Waals surface area contributed by atoms with E-state index in [1.165, 1.54) is 4.90 Å². The first kappa shape index (κ1) is 13.3. The second kappa shape index (κ2) is 4.24. The number of carbonyl (C=O) groups is 1. The maximum atomic E-state index is 12.7. The van der Waals surface area contributed by atoms with E-state index in [-0.39, 0.29) is 5.41 Å². The standard InChI is InChI=1S/C10H16F3NO2/c1-9(2)3-4-14(6-9)7(5-8(15)16)10(11,12)13/h7H,3-6H2,1-2H3,(H,15,16). The normalized spacial score (nSPS) is 23.3. The monoisotopic (exact) mass is 239 g/mol. The molecule has 1 unspecified atom stereocenters. The van der Waals surface area contributed by atoms with Crippen molar-refractivity contribution in [3.8, 4) is 0 Å². The molecular formula is C10H16F3NO2. The van der Waals surface area contributed by atoms with Gasteiger partial charge in [0.1, 0.15) is 6.04 Å². The number of likely N-dealkylation sites (tertiary alicyclic amines) is 1. The molecule has 1 heterocycles. The van der Waals surface area contributed by atoms with E-state index >= 15 is 0 Å². The van der Waals surface area contributed by atoms with Gasteiger partial charge in [0.05, 0.1) is 6.42 Å². The fourth-order valence-electron chi connectivity index (χ4n) is 2.04. The highest BCUT2D eigenvalue weighted by Crippen LogP contribution is 2.36. The van der Waals surface area contributed by atoms with E-state index in [9.17, 15) is 18.0 Å². The fraction of sp³-hybridized carbons (Fsp3) is 0.900. The molecule has 94 valence electrons. The lowest BCUT2D eigenvalue weighted by Crippen LogP contribution is -2.46. The quantitative estimate of drug-likeness (QED) is 0.820. The number of carboxylic acid groups (broad SMARTS) is 1. The number of carboxylic acids is 1. The highest BCUT2D eigenvalue weighted by atomic mass is 19.4. The molecule has 1 aliphatic rings. The van der Waals surface area contributed by atoms with Crippen LogP contribution in [0.3, 0.4) is 0 Å². The van der Waals surface area contributed by atoms with Gasteiger partial charge in [-0.15, -0.1) is 0 Å². The van der Waals surface area contributed by atoms with E-state index in [0.29, 0.717) is 19.5 Å². The molecule has 0 aromatic rings. The summed E-state index contributed by atoms with van der Waals surface area (Å²) in [6.45, 7) is 4.39. The molecule has 0 aromatic carbocycles. The van der Waals surface area contributed by atoms with E-state index in [2.05, 4.69) is 0 Å². The molecule has 1 N–H and O–H groups in total. The molecule has 0 radical (unpaired) electrons. The van der Waals surface area contributed by atoms with Crippen molar-refractivity contribution in [3.05, 3.63) is 0 Å². The van der Waals surface area contributed by atoms with Gasteiger partial charge in [-0.1, -0.05) is 13.8 Å². The van der Waals surface area contributed by atoms with Gasteiger partial charge in [-0.2, -0.15) is 13.2 Å². The highest BCUT2D eigenvalue weighted by Gasteiger charge is 2.47. The Bertz CT molecular complexity index is 276. The zero-order valence-corrected chi connectivity index (χ0v) is 9.34. The Kier molecular flexibility index (Phi) is 3.52. The van der Waals surface area contributed by atoms with Gasteiger partial charge in [-0.3, -0.25) is 9.69 Å². The summed E-state index contributed by atoms with van der Waals surface area (Å²) in [5, 5.41) is 8.51. The first-order valence-corrected chi connectivity index (χ1v) is 5.14. The third-order valence-electron chi connectivity index (χ3n) is 2.89. The molecule has 16 heavy (non-hydrogen) atoms. The molecule has 0 amide bonds. The third-order valence-corrected chi connectivity index (χ3v) is 2.89. The summed E-state index contributed by atoms with van der Waals surface area (Å²) in [6, 6.07) is -1.85. The van der Waals surface area contributed by atoms with Crippen LogP contribution in [0.1, 0.15) is 26.7 Å². The van der Waals surface area contributed by atoms with Crippen molar-refractivity contribution in [2.75, 3.05) is 13.1 Å². The molecule has 1 aliphatic heterocycles. The van der Waals surface area contributed by atoms with Crippen molar-refractivity contribution in [3.63, 3.8) is 0 Å². The van der Waals surface area contributed by atoms with Crippen LogP contribution in [0.5, 0.6) is 0 Å². The predicted octanol–water partition coefficient (Wildman–Crippen LogP) is 2.12. The third kappa shape index (κ3) is 3.37. The Hall–Kier alpha value is -0.780. The first-order chi connectivity index (χ1) is 7.12. The number of halogens is 3. The van der Waals surface area contributed by atoms with Crippen molar-refractivity contribution in [2.45, 2.75) is 38.9 Å². The second-order valence-electron chi connectivity index (χ2n) is 5.04. The van der Waals surface area contributed by atoms with Crippen LogP contribution in [0.2, 0.25) is 0 Å². The largest absolute Gasteiger partial charge is 0.481 e. The first-order valence-electron chi connectivity index (χ1n) is 5.14. The Balaban J connectivity index is 2.75. The van der Waals surface area contributed by atoms with Crippen LogP contribution in [0.15, 0.2) is 0 Å². The molecule has 1 rings (SSSR count). The van der Waals surface area contributed by atoms with Gasteiger partial charge in [-0.25, -0.2) is 0 Å². The van der Waals surface area contributed by atoms with Crippen LogP contribution in [0.4, 0.5) is 13.2 Å². The van der Waals surface area contributed by atoms with Gasteiger partial charge >= 0.3 is 12.1 Å². The zero-order valence-electron chi connectivity index (χ0n) is 9.34. The minimum absolute atomic E-state index is 0.165. The summed E-state index contributed by atoms with van der Waals surface area (Å²) in [5.41, 5.74) is -0.165. The lowest BCUT2D eigenvalue weighted by molar-refractivity contribution is -0.189. The maximum Gasteiger partial charge on any atom is 0.404 e. The fourth-order valence-corrected chi connectivity index (χ4v) is 2.04. The lowest BCUT2D eigenvalue weighted by atomic mass is 9.93. The molecule has 0 aliphatic carbocycles. The highest BCUT2D eigenvalue weighted by molar-refractivity contribution is 5.67. The van der Waals surface area contributed by atoms with E-state index in [1.54, 1.807) is 0 Å². The predicted molar refractivity (Wildman–Crippen MR) is 52.1 cm³/mol. The molecular weight excluding hydrogens is 223 g/mol. The van der Waals surface area contributed by atoms with Crippen LogP contribution in [0, 0.1) is 5.41 Å². The number of hydrogen-bond acceptors (Lipinski definition) is 2. The average molecular weight is 239 g/mol. The Morgan fingerprint density at radius 1 is 1.50 bits per heavy atom. The molecule has 3 nitrogen and oxygen atoms in total. The average Bonchev–Trinajstić information content (AvgIpc) is 2.39. The number of alkyl halides is 3. The molecule has 1 fully saturated rings. The van der Waals surface area contributed by atoms with E-state index in [1.807, 2.05) is 13.8 Å². The summed E-state index contributed by atoms with van der Waals surface area (Å²) in [5.74, 6) is -1.41. The van der Waals surface area contributed by atoms with Crippen LogP contribution in [0.25, 0.3) is 0 Å². The molecule has 6 heteroatoms.